The molecule has 0 saturated heterocycles. The molecule has 0 N–H and O–H groups in total. The van der Waals surface area contributed by atoms with Gasteiger partial charge in [0, 0.05) is 11.8 Å². The second kappa shape index (κ2) is 4.40. The van der Waals surface area contributed by atoms with Gasteiger partial charge < -0.3 is 0 Å². The van der Waals surface area contributed by atoms with Crippen LogP contribution in [0.15, 0.2) is 24.3 Å². The number of carbonyl (C=O) groups is 1. The minimum absolute atomic E-state index is 0.0299. The highest BCUT2D eigenvalue weighted by Crippen LogP contribution is 2.15. The molecular weight excluding hydrogens is 287 g/mol. The highest BCUT2D eigenvalue weighted by molar-refractivity contribution is 9.11. The summed E-state index contributed by atoms with van der Waals surface area (Å²) in [4.78, 5) is 11.6. The Bertz CT molecular complexity index is 484. The fourth-order valence-corrected chi connectivity index (χ4v) is 1.76. The second-order valence-corrected chi connectivity index (χ2v) is 6.67. The molecule has 0 aliphatic heterocycles. The van der Waals surface area contributed by atoms with Crippen LogP contribution in [0.1, 0.15) is 10.4 Å². The summed E-state index contributed by atoms with van der Waals surface area (Å²) in [6.07, 6.45) is 0.934. The van der Waals surface area contributed by atoms with Crippen molar-refractivity contribution >= 4 is 31.6 Å². The quantitative estimate of drug-likeness (QED) is 0.631. The number of sulfone groups is 1. The van der Waals surface area contributed by atoms with Gasteiger partial charge in [-0.25, -0.2) is 12.8 Å². The van der Waals surface area contributed by atoms with Crippen molar-refractivity contribution < 1.29 is 17.6 Å². The first-order valence-electron chi connectivity index (χ1n) is 3.95. The Kier molecular flexibility index (Phi) is 3.62. The zero-order valence-electron chi connectivity index (χ0n) is 7.78. The Morgan fingerprint density at radius 3 is 2.53 bits per heavy atom. The van der Waals surface area contributed by atoms with E-state index in [0.29, 0.717) is 0 Å². The molecule has 0 fully saturated rings. The molecule has 0 saturated carbocycles. The number of ketones is 1. The van der Waals surface area contributed by atoms with Crippen LogP contribution < -0.4 is 0 Å². The van der Waals surface area contributed by atoms with Crippen molar-refractivity contribution in [3.05, 3.63) is 35.6 Å². The van der Waals surface area contributed by atoms with Crippen LogP contribution in [0.2, 0.25) is 0 Å². The van der Waals surface area contributed by atoms with Gasteiger partial charge in [0.05, 0.1) is 0 Å². The van der Waals surface area contributed by atoms with Crippen LogP contribution in [0.3, 0.4) is 0 Å². The number of hydrogen-bond donors (Lipinski definition) is 0. The van der Waals surface area contributed by atoms with Crippen LogP contribution in [0, 0.1) is 5.82 Å². The van der Waals surface area contributed by atoms with Crippen molar-refractivity contribution in [2.75, 3.05) is 6.26 Å². The van der Waals surface area contributed by atoms with Crippen molar-refractivity contribution in [2.45, 2.75) is 4.16 Å². The summed E-state index contributed by atoms with van der Waals surface area (Å²) >= 11 is 2.77. The number of alkyl halides is 1. The number of halogens is 2. The Morgan fingerprint density at radius 1 is 1.47 bits per heavy atom. The number of hydrogen-bond acceptors (Lipinski definition) is 3. The molecule has 0 aliphatic rings. The zero-order chi connectivity index (χ0) is 11.6. The molecule has 0 heterocycles. The molecular formula is C9H8BrFO3S. The summed E-state index contributed by atoms with van der Waals surface area (Å²) < 4.78 is 33.6. The Balaban J connectivity index is 3.06. The highest BCUT2D eigenvalue weighted by atomic mass is 79.9. The van der Waals surface area contributed by atoms with Gasteiger partial charge in [-0.2, -0.15) is 0 Å². The molecule has 0 aromatic heterocycles. The lowest BCUT2D eigenvalue weighted by Gasteiger charge is -2.06. The number of Topliss-reactive ketones (excluding diaryl/α,β-unsaturated/α-hetero) is 1. The average Bonchev–Trinajstić information content (AvgIpc) is 2.14. The summed E-state index contributed by atoms with van der Waals surface area (Å²) in [5.41, 5.74) is 0.0299. The molecule has 6 heteroatoms. The number of benzene rings is 1. The van der Waals surface area contributed by atoms with Crippen molar-refractivity contribution in [1.82, 2.24) is 0 Å². The maximum absolute atomic E-state index is 12.8. The van der Waals surface area contributed by atoms with Gasteiger partial charge in [-0.15, -0.1) is 0 Å². The molecule has 1 aromatic rings. The Labute approximate surface area is 95.3 Å². The molecule has 0 radical (unpaired) electrons. The standard InChI is InChI=1S/C9H8BrFO3S/c1-15(13,14)9(10)8(12)6-3-2-4-7(11)5-6/h2-5,9H,1H3/t9-/m0/s1. The molecule has 1 aromatic carbocycles. The monoisotopic (exact) mass is 294 g/mol. The smallest absolute Gasteiger partial charge is 0.191 e. The summed E-state index contributed by atoms with van der Waals surface area (Å²) in [6, 6.07) is 4.90. The van der Waals surface area contributed by atoms with E-state index in [1.807, 2.05) is 0 Å². The summed E-state index contributed by atoms with van der Waals surface area (Å²) in [6.45, 7) is 0. The van der Waals surface area contributed by atoms with Gasteiger partial charge in [0.1, 0.15) is 5.82 Å². The van der Waals surface area contributed by atoms with Gasteiger partial charge >= 0.3 is 0 Å². The van der Waals surface area contributed by atoms with Crippen LogP contribution in [0.25, 0.3) is 0 Å². The highest BCUT2D eigenvalue weighted by Gasteiger charge is 2.26. The maximum atomic E-state index is 12.8. The van der Waals surface area contributed by atoms with Gasteiger partial charge in [0.25, 0.3) is 0 Å². The largest absolute Gasteiger partial charge is 0.292 e. The second-order valence-electron chi connectivity index (χ2n) is 3.02. The molecule has 0 bridgehead atoms. The van der Waals surface area contributed by atoms with Crippen molar-refractivity contribution in [1.29, 1.82) is 0 Å². The van der Waals surface area contributed by atoms with Crippen LogP contribution in [-0.2, 0) is 9.84 Å². The molecule has 0 amide bonds. The topological polar surface area (TPSA) is 51.2 Å². The van der Waals surface area contributed by atoms with E-state index in [-0.39, 0.29) is 5.56 Å². The summed E-state index contributed by atoms with van der Waals surface area (Å²) in [5, 5.41) is 0. The minimum Gasteiger partial charge on any atom is -0.292 e. The van der Waals surface area contributed by atoms with Gasteiger partial charge in [0.15, 0.2) is 19.8 Å². The summed E-state index contributed by atoms with van der Waals surface area (Å²) in [5.74, 6) is -1.24. The van der Waals surface area contributed by atoms with Crippen LogP contribution >= 0.6 is 15.9 Å². The van der Waals surface area contributed by atoms with Crippen LogP contribution in [0.5, 0.6) is 0 Å². The van der Waals surface area contributed by atoms with E-state index in [1.165, 1.54) is 18.2 Å². The van der Waals surface area contributed by atoms with E-state index in [0.717, 1.165) is 12.3 Å². The minimum atomic E-state index is -3.52. The normalized spacial score (nSPS) is 13.5. The summed E-state index contributed by atoms with van der Waals surface area (Å²) in [7, 11) is -3.52. The fourth-order valence-electron chi connectivity index (χ4n) is 0.967. The SMILES string of the molecule is CS(=O)(=O)[C@H](Br)C(=O)c1cccc(F)c1. The lowest BCUT2D eigenvalue weighted by atomic mass is 10.1. The molecule has 1 rings (SSSR count). The van der Waals surface area contributed by atoms with E-state index >= 15 is 0 Å². The fraction of sp³-hybridized carbons (Fsp3) is 0.222. The predicted molar refractivity (Wildman–Crippen MR) is 58.3 cm³/mol. The van der Waals surface area contributed by atoms with Crippen molar-refractivity contribution in [2.24, 2.45) is 0 Å². The lowest BCUT2D eigenvalue weighted by molar-refractivity contribution is 0.101. The molecule has 3 nitrogen and oxygen atoms in total. The Morgan fingerprint density at radius 2 is 2.07 bits per heavy atom. The number of carbonyl (C=O) groups excluding carboxylic acids is 1. The maximum Gasteiger partial charge on any atom is 0.191 e. The number of rotatable bonds is 3. The van der Waals surface area contributed by atoms with Gasteiger partial charge in [-0.3, -0.25) is 4.79 Å². The first-order valence-corrected chi connectivity index (χ1v) is 6.82. The van der Waals surface area contributed by atoms with Gasteiger partial charge in [-0.1, -0.05) is 28.1 Å². The van der Waals surface area contributed by atoms with E-state index in [9.17, 15) is 17.6 Å². The third-order valence-electron chi connectivity index (χ3n) is 1.69. The van der Waals surface area contributed by atoms with Crippen molar-refractivity contribution in [3.8, 4) is 0 Å². The average molecular weight is 295 g/mol. The molecule has 0 spiro atoms. The van der Waals surface area contributed by atoms with E-state index in [1.54, 1.807) is 0 Å². The Hall–Kier alpha value is -0.750. The van der Waals surface area contributed by atoms with Gasteiger partial charge in [0.2, 0.25) is 0 Å². The third-order valence-corrected chi connectivity index (χ3v) is 5.11. The molecule has 0 unspecified atom stereocenters. The third kappa shape index (κ3) is 3.10. The van der Waals surface area contributed by atoms with Crippen LogP contribution in [0.4, 0.5) is 4.39 Å². The first kappa shape index (κ1) is 12.3. The van der Waals surface area contributed by atoms with E-state index in [4.69, 9.17) is 0 Å². The predicted octanol–water partition coefficient (Wildman–Crippen LogP) is 1.77. The zero-order valence-corrected chi connectivity index (χ0v) is 10.2. The molecule has 15 heavy (non-hydrogen) atoms. The van der Waals surface area contributed by atoms with E-state index < -0.39 is 25.6 Å². The first-order chi connectivity index (χ1) is 6.82. The lowest BCUT2D eigenvalue weighted by Crippen LogP contribution is -2.23. The van der Waals surface area contributed by atoms with E-state index in [2.05, 4.69) is 15.9 Å². The van der Waals surface area contributed by atoms with Crippen LogP contribution in [-0.4, -0.2) is 24.6 Å². The molecule has 1 atom stereocenters. The van der Waals surface area contributed by atoms with Crippen molar-refractivity contribution in [3.63, 3.8) is 0 Å². The molecule has 82 valence electrons. The van der Waals surface area contributed by atoms with Gasteiger partial charge in [-0.05, 0) is 12.1 Å². The molecule has 0 aliphatic carbocycles.